The molecule has 0 aliphatic heterocycles. The maximum Gasteiger partial charge on any atom is 0.160 e. The topological polar surface area (TPSA) is 22.1 Å². The third kappa shape index (κ3) is 2.61. The van der Waals surface area contributed by atoms with Crippen molar-refractivity contribution < 1.29 is 4.74 Å². The quantitative estimate of drug-likeness (QED) is 0.660. The lowest BCUT2D eigenvalue weighted by molar-refractivity contribution is 0.306. The summed E-state index contributed by atoms with van der Waals surface area (Å²) in [5.74, 6) is 0.793. The Hall–Kier alpha value is -1.87. The number of rotatable bonds is 3. The van der Waals surface area contributed by atoms with Crippen molar-refractivity contribution in [2.45, 2.75) is 6.61 Å². The lowest BCUT2D eigenvalue weighted by Gasteiger charge is -2.10. The van der Waals surface area contributed by atoms with Gasteiger partial charge in [0.25, 0.3) is 0 Å². The van der Waals surface area contributed by atoms with Crippen molar-refractivity contribution in [2.24, 2.45) is 0 Å². The number of pyridine rings is 1. The first-order valence-corrected chi connectivity index (χ1v) is 6.84. The van der Waals surface area contributed by atoms with E-state index in [0.717, 1.165) is 26.7 Å². The van der Waals surface area contributed by atoms with E-state index < -0.39 is 0 Å². The number of hydrogen-bond acceptors (Lipinski definition) is 2. The Bertz CT molecular complexity index is 697. The zero-order valence-electron chi connectivity index (χ0n) is 10.2. The van der Waals surface area contributed by atoms with E-state index in [1.807, 2.05) is 60.8 Å². The Balaban J connectivity index is 1.94. The van der Waals surface area contributed by atoms with Crippen molar-refractivity contribution in [1.29, 1.82) is 0 Å². The summed E-state index contributed by atoms with van der Waals surface area (Å²) < 4.78 is 6.66. The number of benzene rings is 2. The van der Waals surface area contributed by atoms with Gasteiger partial charge in [-0.2, -0.15) is 0 Å². The molecule has 0 aliphatic carbocycles. The van der Waals surface area contributed by atoms with E-state index in [1.165, 1.54) is 0 Å². The van der Waals surface area contributed by atoms with Gasteiger partial charge in [0.1, 0.15) is 11.2 Å². The van der Waals surface area contributed by atoms with Crippen LogP contribution in [0.3, 0.4) is 0 Å². The zero-order valence-corrected chi connectivity index (χ0v) is 11.8. The molecule has 2 nitrogen and oxygen atoms in total. The number of ether oxygens (including phenoxy) is 1. The first-order valence-electron chi connectivity index (χ1n) is 6.04. The van der Waals surface area contributed by atoms with Crippen LogP contribution in [0.5, 0.6) is 5.75 Å². The summed E-state index contributed by atoms with van der Waals surface area (Å²) in [6, 6.07) is 18.2. The van der Waals surface area contributed by atoms with E-state index in [1.54, 1.807) is 0 Å². The molecule has 0 N–H and O–H groups in total. The molecular weight excluding hydrogens is 302 g/mol. The molecule has 19 heavy (non-hydrogen) atoms. The second-order valence-corrected chi connectivity index (χ2v) is 4.99. The average molecular weight is 314 g/mol. The second kappa shape index (κ2) is 5.41. The van der Waals surface area contributed by atoms with Gasteiger partial charge in [-0.15, -0.1) is 0 Å². The SMILES string of the molecule is Brc1ncc2ccccc2c1OCc1ccccc1. The van der Waals surface area contributed by atoms with Gasteiger partial charge in [-0.25, -0.2) is 4.98 Å². The number of nitrogens with zero attached hydrogens (tertiary/aromatic N) is 1. The van der Waals surface area contributed by atoms with Crippen LogP contribution in [-0.2, 0) is 6.61 Å². The highest BCUT2D eigenvalue weighted by Gasteiger charge is 2.08. The molecule has 3 heteroatoms. The predicted octanol–water partition coefficient (Wildman–Crippen LogP) is 4.58. The minimum atomic E-state index is 0.537. The molecule has 0 saturated heterocycles. The molecular formula is C16H12BrNO. The fourth-order valence-corrected chi connectivity index (χ4v) is 2.41. The highest BCUT2D eigenvalue weighted by molar-refractivity contribution is 9.10. The first kappa shape index (κ1) is 12.2. The van der Waals surface area contributed by atoms with Crippen molar-refractivity contribution in [3.05, 3.63) is 71.0 Å². The summed E-state index contributed by atoms with van der Waals surface area (Å²) >= 11 is 3.45. The molecule has 0 radical (unpaired) electrons. The number of fused-ring (bicyclic) bond motifs is 1. The van der Waals surface area contributed by atoms with Crippen molar-refractivity contribution in [2.75, 3.05) is 0 Å². The molecule has 1 heterocycles. The zero-order chi connectivity index (χ0) is 13.1. The maximum atomic E-state index is 5.93. The van der Waals surface area contributed by atoms with Gasteiger partial charge >= 0.3 is 0 Å². The van der Waals surface area contributed by atoms with Gasteiger partial charge in [-0.05, 0) is 21.5 Å². The van der Waals surface area contributed by atoms with E-state index in [4.69, 9.17) is 4.74 Å². The van der Waals surface area contributed by atoms with Crippen LogP contribution >= 0.6 is 15.9 Å². The second-order valence-electron chi connectivity index (χ2n) is 4.24. The van der Waals surface area contributed by atoms with E-state index in [2.05, 4.69) is 20.9 Å². The van der Waals surface area contributed by atoms with Crippen LogP contribution in [-0.4, -0.2) is 4.98 Å². The summed E-state index contributed by atoms with van der Waals surface area (Å²) in [4.78, 5) is 4.31. The molecule has 0 fully saturated rings. The number of halogens is 1. The molecule has 3 aromatic rings. The van der Waals surface area contributed by atoms with Crippen molar-refractivity contribution in [1.82, 2.24) is 4.98 Å². The lowest BCUT2D eigenvalue weighted by Crippen LogP contribution is -1.97. The molecule has 0 atom stereocenters. The van der Waals surface area contributed by atoms with Gasteiger partial charge in [-0.3, -0.25) is 0 Å². The summed E-state index contributed by atoms with van der Waals surface area (Å²) in [6.07, 6.45) is 1.84. The Morgan fingerprint density at radius 2 is 1.68 bits per heavy atom. The van der Waals surface area contributed by atoms with E-state index >= 15 is 0 Å². The van der Waals surface area contributed by atoms with Gasteiger partial charge in [0.15, 0.2) is 5.75 Å². The first-order chi connectivity index (χ1) is 9.34. The molecule has 1 aromatic heterocycles. The minimum absolute atomic E-state index is 0.537. The Kier molecular flexibility index (Phi) is 3.47. The van der Waals surface area contributed by atoms with Gasteiger partial charge in [0.2, 0.25) is 0 Å². The van der Waals surface area contributed by atoms with Crippen LogP contribution < -0.4 is 4.74 Å². The van der Waals surface area contributed by atoms with Crippen LogP contribution in [0, 0.1) is 0 Å². The van der Waals surface area contributed by atoms with Crippen LogP contribution in [0.25, 0.3) is 10.8 Å². The third-order valence-electron chi connectivity index (χ3n) is 2.94. The summed E-state index contributed by atoms with van der Waals surface area (Å²) in [5, 5.41) is 2.15. The molecule has 0 bridgehead atoms. The smallest absolute Gasteiger partial charge is 0.160 e. The predicted molar refractivity (Wildman–Crippen MR) is 80.2 cm³/mol. The maximum absolute atomic E-state index is 5.93. The summed E-state index contributed by atoms with van der Waals surface area (Å²) in [5.41, 5.74) is 1.14. The fourth-order valence-electron chi connectivity index (χ4n) is 1.98. The van der Waals surface area contributed by atoms with Gasteiger partial charge in [0.05, 0.1) is 0 Å². The molecule has 0 spiro atoms. The fraction of sp³-hybridized carbons (Fsp3) is 0.0625. The van der Waals surface area contributed by atoms with Crippen molar-refractivity contribution in [3.8, 4) is 5.75 Å². The lowest BCUT2D eigenvalue weighted by atomic mass is 10.1. The number of hydrogen-bond donors (Lipinski definition) is 0. The van der Waals surface area contributed by atoms with E-state index in [0.29, 0.717) is 6.61 Å². The van der Waals surface area contributed by atoms with Gasteiger partial charge in [0, 0.05) is 17.0 Å². The molecule has 94 valence electrons. The van der Waals surface area contributed by atoms with Crippen LogP contribution in [0.2, 0.25) is 0 Å². The number of aromatic nitrogens is 1. The molecule has 0 unspecified atom stereocenters. The average Bonchev–Trinajstić information content (AvgIpc) is 2.47. The van der Waals surface area contributed by atoms with Gasteiger partial charge < -0.3 is 4.74 Å². The Morgan fingerprint density at radius 1 is 0.947 bits per heavy atom. The van der Waals surface area contributed by atoms with Gasteiger partial charge in [-0.1, -0.05) is 54.6 Å². The molecule has 2 aromatic carbocycles. The Labute approximate surface area is 120 Å². The largest absolute Gasteiger partial charge is 0.485 e. The normalized spacial score (nSPS) is 10.6. The summed E-state index contributed by atoms with van der Waals surface area (Å²) in [7, 11) is 0. The van der Waals surface area contributed by atoms with E-state index in [-0.39, 0.29) is 0 Å². The molecule has 0 aliphatic rings. The standard InChI is InChI=1S/C16H12BrNO/c17-16-15(19-11-12-6-2-1-3-7-12)14-9-5-4-8-13(14)10-18-16/h1-10H,11H2. The molecule has 3 rings (SSSR count). The van der Waals surface area contributed by atoms with Crippen molar-refractivity contribution in [3.63, 3.8) is 0 Å². The summed E-state index contributed by atoms with van der Waals surface area (Å²) in [6.45, 7) is 0.537. The van der Waals surface area contributed by atoms with Crippen LogP contribution in [0.15, 0.2) is 65.4 Å². The highest BCUT2D eigenvalue weighted by atomic mass is 79.9. The minimum Gasteiger partial charge on any atom is -0.485 e. The Morgan fingerprint density at radius 3 is 2.53 bits per heavy atom. The third-order valence-corrected chi connectivity index (χ3v) is 3.50. The van der Waals surface area contributed by atoms with E-state index in [9.17, 15) is 0 Å². The van der Waals surface area contributed by atoms with Crippen molar-refractivity contribution >= 4 is 26.7 Å². The highest BCUT2D eigenvalue weighted by Crippen LogP contribution is 2.32. The molecule has 0 amide bonds. The molecule has 0 saturated carbocycles. The monoisotopic (exact) mass is 313 g/mol. The van der Waals surface area contributed by atoms with Crippen LogP contribution in [0.4, 0.5) is 0 Å². The van der Waals surface area contributed by atoms with Crippen LogP contribution in [0.1, 0.15) is 5.56 Å².